The van der Waals surface area contributed by atoms with Crippen LogP contribution in [0.5, 0.6) is 0 Å². The van der Waals surface area contributed by atoms with E-state index in [0.29, 0.717) is 5.92 Å². The van der Waals surface area contributed by atoms with Crippen molar-refractivity contribution in [3.05, 3.63) is 209 Å². The van der Waals surface area contributed by atoms with Crippen molar-refractivity contribution in [3.8, 4) is 55.6 Å². The summed E-state index contributed by atoms with van der Waals surface area (Å²) in [5, 5.41) is 0. The first-order chi connectivity index (χ1) is 33.3. The molecule has 1 saturated carbocycles. The van der Waals surface area contributed by atoms with Crippen molar-refractivity contribution < 1.29 is 0 Å². The fourth-order valence-corrected chi connectivity index (χ4v) is 11.3. The molecule has 2 aliphatic rings. The van der Waals surface area contributed by atoms with Crippen LogP contribution < -0.4 is 4.90 Å². The van der Waals surface area contributed by atoms with Crippen molar-refractivity contribution in [1.82, 2.24) is 0 Å². The molecule has 2 aliphatic carbocycles. The minimum Gasteiger partial charge on any atom is -0.310 e. The normalized spacial score (nSPS) is 14.8. The average Bonchev–Trinajstić information content (AvgIpc) is 3.58. The van der Waals surface area contributed by atoms with Gasteiger partial charge in [-0.05, 0) is 155 Å². The number of anilines is 3. The highest BCUT2D eigenvalue weighted by Gasteiger charge is 2.36. The largest absolute Gasteiger partial charge is 0.310 e. The quantitative estimate of drug-likeness (QED) is 0.147. The van der Waals surface area contributed by atoms with Gasteiger partial charge in [-0.3, -0.25) is 0 Å². The van der Waals surface area contributed by atoms with E-state index in [4.69, 9.17) is 0 Å². The summed E-state index contributed by atoms with van der Waals surface area (Å²) in [6.07, 6.45) is 6.66. The van der Waals surface area contributed by atoms with E-state index in [9.17, 15) is 0 Å². The Morgan fingerprint density at radius 3 is 1.50 bits per heavy atom. The molecule has 354 valence electrons. The lowest BCUT2D eigenvalue weighted by Crippen LogP contribution is -2.17. The highest BCUT2D eigenvalue weighted by atomic mass is 15.1. The van der Waals surface area contributed by atoms with Gasteiger partial charge in [0.25, 0.3) is 0 Å². The smallest absolute Gasteiger partial charge is 0.0540 e. The molecule has 0 aliphatic heterocycles. The van der Waals surface area contributed by atoms with Crippen LogP contribution in [0.4, 0.5) is 17.1 Å². The Morgan fingerprint density at radius 1 is 0.371 bits per heavy atom. The van der Waals surface area contributed by atoms with E-state index in [0.717, 1.165) is 11.4 Å². The van der Waals surface area contributed by atoms with Gasteiger partial charge in [0.15, 0.2) is 0 Å². The zero-order valence-corrected chi connectivity index (χ0v) is 43.8. The van der Waals surface area contributed by atoms with Crippen LogP contribution in [0.15, 0.2) is 176 Å². The average molecular weight is 916 g/mol. The predicted molar refractivity (Wildman–Crippen MR) is 302 cm³/mol. The van der Waals surface area contributed by atoms with Crippen molar-refractivity contribution in [2.24, 2.45) is 0 Å². The highest BCUT2D eigenvalue weighted by molar-refractivity contribution is 5.91. The lowest BCUT2D eigenvalue weighted by molar-refractivity contribution is 0.443. The Kier molecular flexibility index (Phi) is 12.2. The van der Waals surface area contributed by atoms with Crippen molar-refractivity contribution in [3.63, 3.8) is 0 Å². The summed E-state index contributed by atoms with van der Waals surface area (Å²) < 4.78 is 0. The zero-order chi connectivity index (χ0) is 49.2. The Bertz CT molecular complexity index is 3150. The molecule has 0 atom stereocenters. The van der Waals surface area contributed by atoms with Gasteiger partial charge < -0.3 is 4.90 Å². The van der Waals surface area contributed by atoms with Crippen molar-refractivity contribution in [1.29, 1.82) is 0 Å². The Morgan fingerprint density at radius 2 is 0.871 bits per heavy atom. The number of nitrogens with zero attached hydrogens (tertiary/aromatic N) is 1. The number of fused-ring (bicyclic) bond motifs is 3. The second-order valence-electron chi connectivity index (χ2n) is 24.2. The summed E-state index contributed by atoms with van der Waals surface area (Å²) in [6, 6.07) is 67.6. The van der Waals surface area contributed by atoms with Gasteiger partial charge in [-0.1, -0.05) is 235 Å². The van der Waals surface area contributed by atoms with Crippen LogP contribution in [0.1, 0.15) is 148 Å². The Hall–Kier alpha value is -6.44. The molecule has 1 fully saturated rings. The molecule has 0 saturated heterocycles. The molecule has 8 aromatic rings. The van der Waals surface area contributed by atoms with Crippen molar-refractivity contribution >= 4 is 17.1 Å². The van der Waals surface area contributed by atoms with Crippen LogP contribution in [0.25, 0.3) is 55.6 Å². The molecule has 0 aromatic heterocycles. The van der Waals surface area contributed by atoms with Crippen LogP contribution in [-0.4, -0.2) is 0 Å². The lowest BCUT2D eigenvalue weighted by atomic mass is 9.78. The van der Waals surface area contributed by atoms with Crippen LogP contribution in [0.2, 0.25) is 0 Å². The standard InChI is InChI=1S/C69H73N/c1-66(2,3)55-39-52(38-53(40-55)54-41-56(67(4,5)6)44-57(42-54)68(7,8)9)49-30-28-48(29-31-49)51-22-19-23-58(43-51)70(59-36-37-62-61-25-15-17-26-63(61)69(10,11)64(62)45-59)65-27-18-16-24-60(65)50-34-32-47(33-35-50)46-20-13-12-14-21-46/h15-19,22-46H,12-14,20-21H2,1-11H3. The molecule has 0 heterocycles. The highest BCUT2D eigenvalue weighted by Crippen LogP contribution is 2.52. The molecule has 0 bridgehead atoms. The topological polar surface area (TPSA) is 3.24 Å². The molecule has 0 spiro atoms. The first-order valence-electron chi connectivity index (χ1n) is 26.1. The molecule has 0 amide bonds. The summed E-state index contributed by atoms with van der Waals surface area (Å²) in [4.78, 5) is 2.50. The lowest BCUT2D eigenvalue weighted by Gasteiger charge is -2.30. The van der Waals surface area contributed by atoms with Crippen LogP contribution in [0, 0.1) is 0 Å². The van der Waals surface area contributed by atoms with Crippen LogP contribution in [0.3, 0.4) is 0 Å². The molecule has 0 unspecified atom stereocenters. The van der Waals surface area contributed by atoms with Gasteiger partial charge in [-0.2, -0.15) is 0 Å². The molecule has 8 aromatic carbocycles. The Balaban J connectivity index is 1.05. The van der Waals surface area contributed by atoms with Gasteiger partial charge in [0, 0.05) is 22.4 Å². The van der Waals surface area contributed by atoms with Gasteiger partial charge in [0.1, 0.15) is 0 Å². The van der Waals surface area contributed by atoms with E-state index in [1.165, 1.54) is 127 Å². The van der Waals surface area contributed by atoms with Gasteiger partial charge in [-0.15, -0.1) is 0 Å². The zero-order valence-electron chi connectivity index (χ0n) is 43.8. The van der Waals surface area contributed by atoms with Crippen molar-refractivity contribution in [2.45, 2.75) is 136 Å². The van der Waals surface area contributed by atoms with E-state index in [1.54, 1.807) is 0 Å². The Labute approximate surface area is 420 Å². The molecule has 0 N–H and O–H groups in total. The molecular weight excluding hydrogens is 843 g/mol. The van der Waals surface area contributed by atoms with E-state index >= 15 is 0 Å². The van der Waals surface area contributed by atoms with E-state index in [1.807, 2.05) is 0 Å². The minimum atomic E-state index is -0.120. The number of hydrogen-bond donors (Lipinski definition) is 0. The number of hydrogen-bond acceptors (Lipinski definition) is 1. The molecule has 0 radical (unpaired) electrons. The SMILES string of the molecule is CC(C)(C)c1cc(-c2ccc(-c3cccc(N(c4ccc5c(c4)C(C)(C)c4ccccc4-5)c4ccccc4-c4ccc(C5CCCCC5)cc4)c3)cc2)cc(-c2cc(C(C)(C)C)cc(C(C)(C)C)c2)c1. The van der Waals surface area contributed by atoms with E-state index in [2.05, 4.69) is 257 Å². The van der Waals surface area contributed by atoms with Crippen LogP contribution in [-0.2, 0) is 21.7 Å². The van der Waals surface area contributed by atoms with Gasteiger partial charge in [0.05, 0.1) is 5.69 Å². The maximum atomic E-state index is 2.50. The van der Waals surface area contributed by atoms with E-state index < -0.39 is 0 Å². The maximum absolute atomic E-state index is 2.50. The third kappa shape index (κ3) is 9.21. The van der Waals surface area contributed by atoms with E-state index in [-0.39, 0.29) is 21.7 Å². The molecule has 10 rings (SSSR count). The molecule has 1 nitrogen and oxygen atoms in total. The third-order valence-electron chi connectivity index (χ3n) is 15.7. The minimum absolute atomic E-state index is 0.0128. The summed E-state index contributed by atoms with van der Waals surface area (Å²) in [7, 11) is 0. The first kappa shape index (κ1) is 47.2. The first-order valence-corrected chi connectivity index (χ1v) is 26.1. The van der Waals surface area contributed by atoms with Crippen LogP contribution >= 0.6 is 0 Å². The second-order valence-corrected chi connectivity index (χ2v) is 24.2. The number of rotatable bonds is 8. The second kappa shape index (κ2) is 18.1. The molecular formula is C69H73N. The fraction of sp³-hybridized carbons (Fsp3) is 0.304. The number of benzene rings is 8. The maximum Gasteiger partial charge on any atom is 0.0540 e. The number of para-hydroxylation sites is 1. The van der Waals surface area contributed by atoms with Gasteiger partial charge in [0.2, 0.25) is 0 Å². The van der Waals surface area contributed by atoms with Gasteiger partial charge in [-0.25, -0.2) is 0 Å². The monoisotopic (exact) mass is 916 g/mol. The third-order valence-corrected chi connectivity index (χ3v) is 15.7. The predicted octanol–water partition coefficient (Wildman–Crippen LogP) is 20.1. The summed E-state index contributed by atoms with van der Waals surface area (Å²) in [6.45, 7) is 25.7. The van der Waals surface area contributed by atoms with Crippen molar-refractivity contribution in [2.75, 3.05) is 4.90 Å². The molecule has 70 heavy (non-hydrogen) atoms. The summed E-state index contributed by atoms with van der Waals surface area (Å²) in [5.74, 6) is 0.675. The molecule has 1 heteroatoms. The van der Waals surface area contributed by atoms with Gasteiger partial charge >= 0.3 is 0 Å². The summed E-state index contributed by atoms with van der Waals surface area (Å²) >= 11 is 0. The fourth-order valence-electron chi connectivity index (χ4n) is 11.3. The summed E-state index contributed by atoms with van der Waals surface area (Å²) in [5.41, 5.74) is 24.3.